The molecule has 0 spiro atoms. The average molecular weight is 421 g/mol. The molecule has 8 nitrogen and oxygen atoms in total. The number of nitrogens with zero attached hydrogens (tertiary/aromatic N) is 5. The lowest BCUT2D eigenvalue weighted by Crippen LogP contribution is -2.37. The van der Waals surface area contributed by atoms with Gasteiger partial charge in [0.15, 0.2) is 11.5 Å². The molecule has 0 unspecified atom stereocenters. The van der Waals surface area contributed by atoms with E-state index in [9.17, 15) is 13.2 Å². The topological polar surface area (TPSA) is 93.6 Å². The predicted octanol–water partition coefficient (Wildman–Crippen LogP) is 2.73. The molecule has 1 fully saturated rings. The summed E-state index contributed by atoms with van der Waals surface area (Å²) in [6.07, 6.45) is -1.03. The molecule has 0 atom stereocenters. The molecule has 160 valence electrons. The van der Waals surface area contributed by atoms with Gasteiger partial charge in [-0.3, -0.25) is 4.90 Å². The van der Waals surface area contributed by atoms with Crippen LogP contribution in [0.4, 0.5) is 30.6 Å². The molecule has 1 aliphatic heterocycles. The standard InChI is InChI=1S/C19H22F3N7O/c20-19(21,22)13-3-1-4-14(11-13)25-18-26-17-16(23)24-15(12-29(17)27-18)5-2-6-28-7-9-30-10-8-28/h1,3-4,11-12H,2,5-10H2,(H2,23,24)(H,25,27). The Hall–Kier alpha value is -2.92. The Kier molecular flexibility index (Phi) is 5.73. The van der Waals surface area contributed by atoms with Crippen LogP contribution in [0.15, 0.2) is 30.5 Å². The van der Waals surface area contributed by atoms with Gasteiger partial charge in [0.1, 0.15) is 0 Å². The van der Waals surface area contributed by atoms with Gasteiger partial charge in [-0.05, 0) is 37.6 Å². The first-order valence-corrected chi connectivity index (χ1v) is 9.65. The maximum absolute atomic E-state index is 12.9. The van der Waals surface area contributed by atoms with Crippen molar-refractivity contribution < 1.29 is 17.9 Å². The zero-order valence-corrected chi connectivity index (χ0v) is 16.2. The fraction of sp³-hybridized carbons (Fsp3) is 0.421. The van der Waals surface area contributed by atoms with E-state index in [1.54, 1.807) is 6.20 Å². The number of fused-ring (bicyclic) bond motifs is 1. The Morgan fingerprint density at radius 3 is 2.73 bits per heavy atom. The monoisotopic (exact) mass is 421 g/mol. The summed E-state index contributed by atoms with van der Waals surface area (Å²) in [5.74, 6) is 0.372. The van der Waals surface area contributed by atoms with Crippen LogP contribution in [-0.4, -0.2) is 57.3 Å². The van der Waals surface area contributed by atoms with Gasteiger partial charge < -0.3 is 15.8 Å². The van der Waals surface area contributed by atoms with Gasteiger partial charge in [0.2, 0.25) is 5.95 Å². The molecule has 0 saturated carbocycles. The highest BCUT2D eigenvalue weighted by Crippen LogP contribution is 2.31. The van der Waals surface area contributed by atoms with Crippen LogP contribution in [0, 0.1) is 0 Å². The molecular weight excluding hydrogens is 399 g/mol. The number of aryl methyl sites for hydroxylation is 1. The Bertz CT molecular complexity index is 1020. The number of hydrogen-bond donors (Lipinski definition) is 2. The van der Waals surface area contributed by atoms with E-state index in [1.165, 1.54) is 16.6 Å². The Labute approximate surface area is 170 Å². The summed E-state index contributed by atoms with van der Waals surface area (Å²) < 4.78 is 45.5. The van der Waals surface area contributed by atoms with Crippen LogP contribution in [-0.2, 0) is 17.3 Å². The molecular formula is C19H22F3N7O. The number of ether oxygens (including phenoxy) is 1. The molecule has 1 aromatic carbocycles. The van der Waals surface area contributed by atoms with E-state index < -0.39 is 11.7 Å². The van der Waals surface area contributed by atoms with Gasteiger partial charge in [-0.25, -0.2) is 9.50 Å². The van der Waals surface area contributed by atoms with Crippen molar-refractivity contribution in [1.29, 1.82) is 0 Å². The Morgan fingerprint density at radius 2 is 1.97 bits per heavy atom. The second kappa shape index (κ2) is 8.44. The summed E-state index contributed by atoms with van der Waals surface area (Å²) in [4.78, 5) is 11.0. The Balaban J connectivity index is 1.45. The smallest absolute Gasteiger partial charge is 0.381 e. The van der Waals surface area contributed by atoms with Crippen molar-refractivity contribution in [3.8, 4) is 0 Å². The van der Waals surface area contributed by atoms with Gasteiger partial charge in [0.25, 0.3) is 0 Å². The minimum atomic E-state index is -4.42. The molecule has 1 aliphatic rings. The van der Waals surface area contributed by atoms with Crippen LogP contribution in [0.5, 0.6) is 0 Å². The molecule has 0 bridgehead atoms. The number of hydrogen-bond acceptors (Lipinski definition) is 7. The third-order valence-electron chi connectivity index (χ3n) is 4.85. The van der Waals surface area contributed by atoms with Gasteiger partial charge in [0.05, 0.1) is 30.7 Å². The van der Waals surface area contributed by atoms with E-state index in [0.717, 1.165) is 63.5 Å². The SMILES string of the molecule is Nc1nc(CCCN2CCOCC2)cn2nc(Nc3cccc(C(F)(F)F)c3)nc12. The van der Waals surface area contributed by atoms with Crippen molar-refractivity contribution in [2.75, 3.05) is 43.9 Å². The first-order valence-electron chi connectivity index (χ1n) is 9.65. The fourth-order valence-corrected chi connectivity index (χ4v) is 3.35. The van der Waals surface area contributed by atoms with Crippen LogP contribution in [0.3, 0.4) is 0 Å². The molecule has 30 heavy (non-hydrogen) atoms. The number of anilines is 3. The van der Waals surface area contributed by atoms with Crippen molar-refractivity contribution in [2.45, 2.75) is 19.0 Å². The van der Waals surface area contributed by atoms with E-state index in [-0.39, 0.29) is 17.5 Å². The number of alkyl halides is 3. The van der Waals surface area contributed by atoms with Gasteiger partial charge in [-0.2, -0.15) is 18.2 Å². The largest absolute Gasteiger partial charge is 0.416 e. The average Bonchev–Trinajstić information content (AvgIpc) is 3.11. The minimum Gasteiger partial charge on any atom is -0.381 e. The highest BCUT2D eigenvalue weighted by atomic mass is 19.4. The number of morpholine rings is 1. The van der Waals surface area contributed by atoms with E-state index in [4.69, 9.17) is 10.5 Å². The first kappa shape index (κ1) is 20.4. The summed E-state index contributed by atoms with van der Waals surface area (Å²) in [5.41, 5.74) is 6.64. The zero-order chi connectivity index (χ0) is 21.1. The van der Waals surface area contributed by atoms with Crippen LogP contribution in [0.25, 0.3) is 5.65 Å². The second-order valence-corrected chi connectivity index (χ2v) is 7.08. The second-order valence-electron chi connectivity index (χ2n) is 7.08. The minimum absolute atomic E-state index is 0.147. The van der Waals surface area contributed by atoms with Crippen molar-refractivity contribution in [3.63, 3.8) is 0 Å². The summed E-state index contributed by atoms with van der Waals surface area (Å²) >= 11 is 0. The van der Waals surface area contributed by atoms with Gasteiger partial charge in [-0.15, -0.1) is 5.10 Å². The summed E-state index contributed by atoms with van der Waals surface area (Å²) in [6, 6.07) is 4.85. The highest BCUT2D eigenvalue weighted by Gasteiger charge is 2.30. The normalized spacial score (nSPS) is 15.6. The number of halogens is 3. The lowest BCUT2D eigenvalue weighted by molar-refractivity contribution is -0.137. The molecule has 11 heteroatoms. The van der Waals surface area contributed by atoms with Crippen molar-refractivity contribution >= 4 is 23.1 Å². The first-order chi connectivity index (χ1) is 14.4. The van der Waals surface area contributed by atoms with Crippen molar-refractivity contribution in [1.82, 2.24) is 24.5 Å². The van der Waals surface area contributed by atoms with E-state index in [0.29, 0.717) is 5.65 Å². The van der Waals surface area contributed by atoms with Crippen LogP contribution >= 0.6 is 0 Å². The van der Waals surface area contributed by atoms with Crippen LogP contribution < -0.4 is 11.1 Å². The number of nitrogen functional groups attached to an aromatic ring is 1. The van der Waals surface area contributed by atoms with Gasteiger partial charge in [0, 0.05) is 18.8 Å². The lowest BCUT2D eigenvalue weighted by atomic mass is 10.2. The van der Waals surface area contributed by atoms with E-state index in [2.05, 4.69) is 25.3 Å². The maximum atomic E-state index is 12.9. The lowest BCUT2D eigenvalue weighted by Gasteiger charge is -2.26. The number of nitrogens with one attached hydrogen (secondary N) is 1. The predicted molar refractivity (Wildman–Crippen MR) is 106 cm³/mol. The van der Waals surface area contributed by atoms with Crippen LogP contribution in [0.2, 0.25) is 0 Å². The molecule has 0 radical (unpaired) electrons. The van der Waals surface area contributed by atoms with Crippen molar-refractivity contribution in [2.24, 2.45) is 0 Å². The van der Waals surface area contributed by atoms with E-state index >= 15 is 0 Å². The Morgan fingerprint density at radius 1 is 1.17 bits per heavy atom. The molecule has 2 aromatic heterocycles. The zero-order valence-electron chi connectivity index (χ0n) is 16.2. The number of rotatable bonds is 6. The summed E-state index contributed by atoms with van der Waals surface area (Å²) in [6.45, 7) is 4.34. The number of aromatic nitrogens is 4. The number of nitrogens with two attached hydrogens (primary N) is 1. The van der Waals surface area contributed by atoms with Gasteiger partial charge in [-0.1, -0.05) is 6.07 Å². The number of benzene rings is 1. The van der Waals surface area contributed by atoms with Gasteiger partial charge >= 0.3 is 6.18 Å². The molecule has 3 N–H and O–H groups in total. The third-order valence-corrected chi connectivity index (χ3v) is 4.85. The van der Waals surface area contributed by atoms with Crippen LogP contribution in [0.1, 0.15) is 17.7 Å². The fourth-order valence-electron chi connectivity index (χ4n) is 3.35. The van der Waals surface area contributed by atoms with Crippen molar-refractivity contribution in [3.05, 3.63) is 41.7 Å². The quantitative estimate of drug-likeness (QED) is 0.632. The molecule has 4 rings (SSSR count). The molecule has 1 saturated heterocycles. The molecule has 3 heterocycles. The molecule has 0 aliphatic carbocycles. The molecule has 3 aromatic rings. The summed E-state index contributed by atoms with van der Waals surface area (Å²) in [7, 11) is 0. The van der Waals surface area contributed by atoms with E-state index in [1.807, 2.05) is 0 Å². The highest BCUT2D eigenvalue weighted by molar-refractivity contribution is 5.63. The maximum Gasteiger partial charge on any atom is 0.416 e. The third kappa shape index (κ3) is 4.79. The summed E-state index contributed by atoms with van der Waals surface area (Å²) in [5, 5.41) is 7.08. The molecule has 0 amide bonds.